The summed E-state index contributed by atoms with van der Waals surface area (Å²) >= 11 is 3.38. The predicted molar refractivity (Wildman–Crippen MR) is 81.7 cm³/mol. The van der Waals surface area contributed by atoms with Gasteiger partial charge in [0, 0.05) is 20.0 Å². The molecule has 1 fully saturated rings. The first kappa shape index (κ1) is 17.4. The molecule has 0 aliphatic carbocycles. The zero-order chi connectivity index (χ0) is 17.1. The molecule has 23 heavy (non-hydrogen) atoms. The number of aromatic nitrogens is 2. The van der Waals surface area contributed by atoms with Gasteiger partial charge in [0.15, 0.2) is 6.23 Å². The highest BCUT2D eigenvalue weighted by molar-refractivity contribution is 9.09. The Hall–Kier alpha value is -1.94. The molecule has 2 heterocycles. The Bertz CT molecular complexity index is 663. The Kier molecular flexibility index (Phi) is 5.37. The van der Waals surface area contributed by atoms with E-state index in [1.165, 1.54) is 30.7 Å². The van der Waals surface area contributed by atoms with E-state index in [-0.39, 0.29) is 12.4 Å². The van der Waals surface area contributed by atoms with Gasteiger partial charge in [-0.3, -0.25) is 14.2 Å². The van der Waals surface area contributed by atoms with Crippen molar-refractivity contribution in [3.8, 4) is 0 Å². The van der Waals surface area contributed by atoms with Crippen LogP contribution in [0.25, 0.3) is 0 Å². The maximum Gasteiger partial charge on any atom is 0.351 e. The van der Waals surface area contributed by atoms with Gasteiger partial charge < -0.3 is 19.9 Å². The second-order valence-corrected chi connectivity index (χ2v) is 5.99. The predicted octanol–water partition coefficient (Wildman–Crippen LogP) is -0.0188. The molecular weight excluding hydrogens is 374 g/mol. The number of halogens is 1. The molecule has 0 spiro atoms. The number of esters is 2. The van der Waals surface area contributed by atoms with Crippen LogP contribution >= 0.6 is 15.9 Å². The average Bonchev–Trinajstić information content (AvgIpc) is 2.73. The average molecular weight is 390 g/mol. The van der Waals surface area contributed by atoms with Crippen LogP contribution in [0, 0.1) is 0 Å². The number of anilines is 1. The Morgan fingerprint density at radius 3 is 2.70 bits per heavy atom. The smallest absolute Gasteiger partial charge is 0.351 e. The summed E-state index contributed by atoms with van der Waals surface area (Å²) in [5.41, 5.74) is 4.86. The van der Waals surface area contributed by atoms with Crippen LogP contribution in [0.3, 0.4) is 0 Å². The summed E-state index contributed by atoms with van der Waals surface area (Å²) < 4.78 is 17.1. The molecule has 0 amide bonds. The van der Waals surface area contributed by atoms with E-state index in [2.05, 4.69) is 20.9 Å². The van der Waals surface area contributed by atoms with Gasteiger partial charge in [-0.05, 0) is 6.07 Å². The van der Waals surface area contributed by atoms with Crippen LogP contribution in [-0.4, -0.2) is 45.1 Å². The van der Waals surface area contributed by atoms with E-state index >= 15 is 0 Å². The van der Waals surface area contributed by atoms with Crippen molar-refractivity contribution in [3.05, 3.63) is 22.7 Å². The molecule has 0 bridgehead atoms. The van der Waals surface area contributed by atoms with Crippen LogP contribution in [0.15, 0.2) is 17.1 Å². The van der Waals surface area contributed by atoms with Gasteiger partial charge in [0.25, 0.3) is 0 Å². The highest BCUT2D eigenvalue weighted by Gasteiger charge is 2.47. The maximum atomic E-state index is 12.0. The van der Waals surface area contributed by atoms with Gasteiger partial charge in [-0.25, -0.2) is 4.79 Å². The van der Waals surface area contributed by atoms with Crippen molar-refractivity contribution < 1.29 is 23.8 Å². The summed E-state index contributed by atoms with van der Waals surface area (Å²) in [7, 11) is 0. The summed E-state index contributed by atoms with van der Waals surface area (Å²) in [6.07, 6.45) is -0.814. The van der Waals surface area contributed by atoms with Crippen molar-refractivity contribution in [2.75, 3.05) is 12.3 Å². The minimum Gasteiger partial charge on any atom is -0.463 e. The largest absolute Gasteiger partial charge is 0.463 e. The molecule has 0 aromatic carbocycles. The van der Waals surface area contributed by atoms with Gasteiger partial charge >= 0.3 is 17.6 Å². The van der Waals surface area contributed by atoms with Crippen LogP contribution in [0.2, 0.25) is 0 Å². The Morgan fingerprint density at radius 2 is 2.13 bits per heavy atom. The lowest BCUT2D eigenvalue weighted by molar-refractivity contribution is -0.155. The van der Waals surface area contributed by atoms with Crippen LogP contribution in [-0.2, 0) is 23.8 Å². The normalized spacial score (nSPS) is 26.7. The summed E-state index contributed by atoms with van der Waals surface area (Å²) in [4.78, 5) is 37.3. The van der Waals surface area contributed by atoms with Crippen molar-refractivity contribution in [2.24, 2.45) is 0 Å². The molecule has 1 aliphatic rings. The van der Waals surface area contributed by atoms with E-state index in [9.17, 15) is 14.4 Å². The van der Waals surface area contributed by atoms with E-state index in [1.54, 1.807) is 0 Å². The molecule has 4 atom stereocenters. The van der Waals surface area contributed by atoms with Gasteiger partial charge in [-0.1, -0.05) is 15.9 Å². The number of ether oxygens (including phenoxy) is 3. The number of hydrogen-bond acceptors (Lipinski definition) is 8. The van der Waals surface area contributed by atoms with E-state index in [0.717, 1.165) is 0 Å². The first-order chi connectivity index (χ1) is 10.8. The molecule has 1 saturated heterocycles. The second-order valence-electron chi connectivity index (χ2n) is 4.93. The lowest BCUT2D eigenvalue weighted by atomic mass is 10.2. The minimum atomic E-state index is -0.791. The van der Waals surface area contributed by atoms with E-state index < -0.39 is 40.9 Å². The fraction of sp³-hybridized carbons (Fsp3) is 0.538. The first-order valence-corrected chi connectivity index (χ1v) is 7.66. The summed E-state index contributed by atoms with van der Waals surface area (Å²) in [6.45, 7) is 2.41. The molecule has 1 aliphatic heterocycles. The number of nitrogens with zero attached hydrogens (tertiary/aromatic N) is 2. The second kappa shape index (κ2) is 7.09. The van der Waals surface area contributed by atoms with Gasteiger partial charge in [-0.15, -0.1) is 0 Å². The molecule has 1 aromatic heterocycles. The molecule has 0 saturated carbocycles. The lowest BCUT2D eigenvalue weighted by Crippen LogP contribution is -2.36. The van der Waals surface area contributed by atoms with Crippen molar-refractivity contribution >= 4 is 33.7 Å². The number of nitrogen functional groups attached to an aromatic ring is 1. The van der Waals surface area contributed by atoms with Crippen LogP contribution in [0.5, 0.6) is 0 Å². The lowest BCUT2D eigenvalue weighted by Gasteiger charge is -2.19. The van der Waals surface area contributed by atoms with Crippen molar-refractivity contribution in [1.82, 2.24) is 9.55 Å². The fourth-order valence-corrected chi connectivity index (χ4v) is 3.03. The van der Waals surface area contributed by atoms with Crippen molar-refractivity contribution in [3.63, 3.8) is 0 Å². The number of hydrogen-bond donors (Lipinski definition) is 1. The first-order valence-electron chi connectivity index (χ1n) is 6.74. The van der Waals surface area contributed by atoms with E-state index in [1.807, 2.05) is 0 Å². The highest BCUT2D eigenvalue weighted by atomic mass is 79.9. The van der Waals surface area contributed by atoms with Gasteiger partial charge in [0.1, 0.15) is 24.6 Å². The number of nitrogens with two attached hydrogens (primary N) is 1. The van der Waals surface area contributed by atoms with Crippen LogP contribution < -0.4 is 11.4 Å². The quantitative estimate of drug-likeness (QED) is 0.562. The molecule has 2 N–H and O–H groups in total. The number of rotatable bonds is 4. The molecular formula is C13H16BrN3O6. The molecule has 0 radical (unpaired) electrons. The SMILES string of the molecule is CC(=O)OC[C@H]1O[C@@H](n2ccc(N)nc2=O)[C@H](Br)[C@@H]1OC(C)=O. The van der Waals surface area contributed by atoms with Gasteiger partial charge in [0.05, 0.1) is 4.83 Å². The van der Waals surface area contributed by atoms with Crippen molar-refractivity contribution in [1.29, 1.82) is 0 Å². The monoisotopic (exact) mass is 389 g/mol. The number of carbonyl (C=O) groups is 2. The summed E-state index contributed by atoms with van der Waals surface area (Å²) in [5, 5.41) is 0. The third kappa shape index (κ3) is 4.08. The third-order valence-electron chi connectivity index (χ3n) is 3.15. The van der Waals surface area contributed by atoms with Gasteiger partial charge in [-0.2, -0.15) is 4.98 Å². The standard InChI is InChI=1S/C13H16BrN3O6/c1-6(18)21-5-8-11(22-7(2)19)10(14)12(23-8)17-4-3-9(15)16-13(17)20/h3-4,8,10-12H,5H2,1-2H3,(H2,15,16,20)/t8-,10-,11-,12-/m1/s1. The van der Waals surface area contributed by atoms with E-state index in [0.29, 0.717) is 0 Å². The Morgan fingerprint density at radius 1 is 1.43 bits per heavy atom. The zero-order valence-corrected chi connectivity index (χ0v) is 14.1. The van der Waals surface area contributed by atoms with Crippen LogP contribution in [0.1, 0.15) is 20.1 Å². The minimum absolute atomic E-state index is 0.0865. The Balaban J connectivity index is 2.26. The maximum absolute atomic E-state index is 12.0. The molecule has 2 rings (SSSR count). The zero-order valence-electron chi connectivity index (χ0n) is 12.5. The molecule has 126 valence electrons. The van der Waals surface area contributed by atoms with E-state index in [4.69, 9.17) is 19.9 Å². The summed E-state index contributed by atoms with van der Waals surface area (Å²) in [5.74, 6) is -0.918. The van der Waals surface area contributed by atoms with Crippen LogP contribution in [0.4, 0.5) is 5.82 Å². The molecule has 0 unspecified atom stereocenters. The van der Waals surface area contributed by atoms with Crippen molar-refractivity contribution in [2.45, 2.75) is 37.1 Å². The number of alkyl halides is 1. The topological polar surface area (TPSA) is 123 Å². The molecule has 9 nitrogen and oxygen atoms in total. The fourth-order valence-electron chi connectivity index (χ4n) is 2.20. The highest BCUT2D eigenvalue weighted by Crippen LogP contribution is 2.36. The third-order valence-corrected chi connectivity index (χ3v) is 4.12. The number of carbonyl (C=O) groups excluding carboxylic acids is 2. The van der Waals surface area contributed by atoms with Gasteiger partial charge in [0.2, 0.25) is 0 Å². The summed E-state index contributed by atoms with van der Waals surface area (Å²) in [6, 6.07) is 1.45. The molecule has 10 heteroatoms. The Labute approximate surface area is 139 Å². The molecule has 1 aromatic rings.